The molecule has 4 heteroatoms. The van der Waals surface area contributed by atoms with Crippen LogP contribution in [0.15, 0.2) is 24.3 Å². The number of hydrogen-bond donors (Lipinski definition) is 1. The topological polar surface area (TPSA) is 61.5 Å². The van der Waals surface area contributed by atoms with Gasteiger partial charge in [-0.2, -0.15) is 0 Å². The largest absolute Gasteiger partial charge is 0.493 e. The van der Waals surface area contributed by atoms with Gasteiger partial charge in [-0.25, -0.2) is 0 Å². The molecule has 1 saturated carbocycles. The molecule has 1 aliphatic rings. The van der Waals surface area contributed by atoms with E-state index in [-0.39, 0.29) is 18.5 Å². The number of nitrogen functional groups attached to an aromatic ring is 1. The third-order valence-corrected chi connectivity index (χ3v) is 3.03. The fourth-order valence-corrected chi connectivity index (χ4v) is 2.11. The van der Waals surface area contributed by atoms with Crippen LogP contribution in [0.25, 0.3) is 0 Å². The zero-order valence-electron chi connectivity index (χ0n) is 10.4. The number of rotatable bonds is 5. The van der Waals surface area contributed by atoms with Crippen molar-refractivity contribution in [3.8, 4) is 5.75 Å². The molecule has 1 aromatic carbocycles. The van der Waals surface area contributed by atoms with Crippen LogP contribution >= 0.6 is 0 Å². The average molecular weight is 249 g/mol. The summed E-state index contributed by atoms with van der Waals surface area (Å²) in [7, 11) is 0. The van der Waals surface area contributed by atoms with Gasteiger partial charge in [-0.05, 0) is 37.8 Å². The van der Waals surface area contributed by atoms with Crippen molar-refractivity contribution in [2.75, 3.05) is 12.3 Å². The van der Waals surface area contributed by atoms with Gasteiger partial charge in [0, 0.05) is 11.8 Å². The van der Waals surface area contributed by atoms with Crippen molar-refractivity contribution in [3.05, 3.63) is 24.3 Å². The molecular weight excluding hydrogens is 230 g/mol. The van der Waals surface area contributed by atoms with Crippen molar-refractivity contribution in [2.24, 2.45) is 0 Å². The van der Waals surface area contributed by atoms with Crippen molar-refractivity contribution in [1.82, 2.24) is 0 Å². The van der Waals surface area contributed by atoms with Crippen LogP contribution < -0.4 is 10.5 Å². The third-order valence-electron chi connectivity index (χ3n) is 3.03. The molecule has 18 heavy (non-hydrogen) atoms. The lowest BCUT2D eigenvalue weighted by atomic mass is 10.3. The molecule has 0 amide bonds. The van der Waals surface area contributed by atoms with Crippen LogP contribution in [-0.2, 0) is 9.53 Å². The van der Waals surface area contributed by atoms with Crippen molar-refractivity contribution in [1.29, 1.82) is 0 Å². The standard InChI is InChI=1S/C14H19NO3/c15-11-4-3-7-13(10-11)17-9-8-14(16)18-12-5-1-2-6-12/h3-4,7,10,12H,1-2,5-6,8-9,15H2. The number of nitrogens with two attached hydrogens (primary N) is 1. The van der Waals surface area contributed by atoms with E-state index in [4.69, 9.17) is 15.2 Å². The van der Waals surface area contributed by atoms with E-state index in [1.165, 1.54) is 0 Å². The average Bonchev–Trinajstić information content (AvgIpc) is 2.82. The molecule has 1 fully saturated rings. The minimum Gasteiger partial charge on any atom is -0.493 e. The van der Waals surface area contributed by atoms with Gasteiger partial charge < -0.3 is 15.2 Å². The van der Waals surface area contributed by atoms with Gasteiger partial charge in [0.2, 0.25) is 0 Å². The molecule has 0 aliphatic heterocycles. The number of carbonyl (C=O) groups excluding carboxylic acids is 1. The molecule has 0 bridgehead atoms. The van der Waals surface area contributed by atoms with Crippen LogP contribution in [-0.4, -0.2) is 18.7 Å². The minimum absolute atomic E-state index is 0.130. The second-order valence-corrected chi connectivity index (χ2v) is 4.57. The summed E-state index contributed by atoms with van der Waals surface area (Å²) in [5.41, 5.74) is 6.28. The molecule has 1 aromatic rings. The molecule has 2 N–H and O–H groups in total. The van der Waals surface area contributed by atoms with E-state index < -0.39 is 0 Å². The highest BCUT2D eigenvalue weighted by molar-refractivity contribution is 5.69. The maximum Gasteiger partial charge on any atom is 0.309 e. The smallest absolute Gasteiger partial charge is 0.309 e. The predicted molar refractivity (Wildman–Crippen MR) is 69.3 cm³/mol. The van der Waals surface area contributed by atoms with Gasteiger partial charge in [-0.15, -0.1) is 0 Å². The van der Waals surface area contributed by atoms with Crippen LogP contribution in [0.4, 0.5) is 5.69 Å². The first-order chi connectivity index (χ1) is 8.74. The van der Waals surface area contributed by atoms with E-state index in [1.54, 1.807) is 12.1 Å². The van der Waals surface area contributed by atoms with Crippen LogP contribution in [0.2, 0.25) is 0 Å². The molecule has 0 atom stereocenters. The van der Waals surface area contributed by atoms with E-state index >= 15 is 0 Å². The Balaban J connectivity index is 1.66. The van der Waals surface area contributed by atoms with Crippen LogP contribution in [0, 0.1) is 0 Å². The Labute approximate surface area is 107 Å². The zero-order valence-corrected chi connectivity index (χ0v) is 10.4. The summed E-state index contributed by atoms with van der Waals surface area (Å²) in [4.78, 5) is 11.5. The van der Waals surface area contributed by atoms with Crippen LogP contribution in [0.5, 0.6) is 5.75 Å². The number of hydrogen-bond acceptors (Lipinski definition) is 4. The third kappa shape index (κ3) is 3.95. The normalized spacial score (nSPS) is 15.6. The van der Waals surface area contributed by atoms with E-state index in [1.807, 2.05) is 12.1 Å². The first-order valence-corrected chi connectivity index (χ1v) is 6.42. The number of esters is 1. The summed E-state index contributed by atoms with van der Waals surface area (Å²) in [6.45, 7) is 0.328. The fourth-order valence-electron chi connectivity index (χ4n) is 2.11. The highest BCUT2D eigenvalue weighted by atomic mass is 16.5. The zero-order chi connectivity index (χ0) is 12.8. The van der Waals surface area contributed by atoms with Crippen molar-refractivity contribution >= 4 is 11.7 Å². The highest BCUT2D eigenvalue weighted by Gasteiger charge is 2.18. The predicted octanol–water partition coefficient (Wildman–Crippen LogP) is 2.52. The molecule has 98 valence electrons. The Hall–Kier alpha value is -1.71. The number of benzene rings is 1. The van der Waals surface area contributed by atoms with Crippen LogP contribution in [0.1, 0.15) is 32.1 Å². The van der Waals surface area contributed by atoms with Gasteiger partial charge in [-0.3, -0.25) is 4.79 Å². The van der Waals surface area contributed by atoms with E-state index in [0.29, 0.717) is 18.0 Å². The van der Waals surface area contributed by atoms with Gasteiger partial charge in [0.05, 0.1) is 13.0 Å². The molecule has 2 rings (SSSR count). The molecule has 1 aliphatic carbocycles. The number of carbonyl (C=O) groups is 1. The Kier molecular flexibility index (Phi) is 4.45. The van der Waals surface area contributed by atoms with Gasteiger partial charge in [0.25, 0.3) is 0 Å². The van der Waals surface area contributed by atoms with Crippen LogP contribution in [0.3, 0.4) is 0 Å². The lowest BCUT2D eigenvalue weighted by Crippen LogP contribution is -2.16. The second kappa shape index (κ2) is 6.28. The van der Waals surface area contributed by atoms with E-state index in [2.05, 4.69) is 0 Å². The van der Waals surface area contributed by atoms with Crippen molar-refractivity contribution in [3.63, 3.8) is 0 Å². The van der Waals surface area contributed by atoms with E-state index in [9.17, 15) is 4.79 Å². The summed E-state index contributed by atoms with van der Waals surface area (Å²) in [5.74, 6) is 0.509. The number of anilines is 1. The Morgan fingerprint density at radius 1 is 1.33 bits per heavy atom. The highest BCUT2D eigenvalue weighted by Crippen LogP contribution is 2.21. The Bertz CT molecular complexity index is 400. The first kappa shape index (κ1) is 12.7. The summed E-state index contributed by atoms with van der Waals surface area (Å²) in [5, 5.41) is 0. The summed E-state index contributed by atoms with van der Waals surface area (Å²) >= 11 is 0. The number of ether oxygens (including phenoxy) is 2. The lowest BCUT2D eigenvalue weighted by Gasteiger charge is -2.11. The second-order valence-electron chi connectivity index (χ2n) is 4.57. The molecule has 4 nitrogen and oxygen atoms in total. The summed E-state index contributed by atoms with van der Waals surface area (Å²) in [6.07, 6.45) is 4.74. The first-order valence-electron chi connectivity index (χ1n) is 6.42. The van der Waals surface area contributed by atoms with Gasteiger partial charge in [0.15, 0.2) is 0 Å². The lowest BCUT2D eigenvalue weighted by molar-refractivity contribution is -0.149. The van der Waals surface area contributed by atoms with Crippen molar-refractivity contribution < 1.29 is 14.3 Å². The van der Waals surface area contributed by atoms with Crippen molar-refractivity contribution in [2.45, 2.75) is 38.2 Å². The Morgan fingerprint density at radius 3 is 2.83 bits per heavy atom. The van der Waals surface area contributed by atoms with E-state index in [0.717, 1.165) is 25.7 Å². The maximum absolute atomic E-state index is 11.5. The molecular formula is C14H19NO3. The molecule has 0 radical (unpaired) electrons. The van der Waals surface area contributed by atoms with Gasteiger partial charge in [0.1, 0.15) is 11.9 Å². The fraction of sp³-hybridized carbons (Fsp3) is 0.500. The SMILES string of the molecule is Nc1cccc(OCCC(=O)OC2CCCC2)c1. The molecule has 0 aromatic heterocycles. The van der Waals surface area contributed by atoms with Gasteiger partial charge in [-0.1, -0.05) is 6.07 Å². The molecule has 0 heterocycles. The summed E-state index contributed by atoms with van der Waals surface area (Å²) < 4.78 is 10.8. The maximum atomic E-state index is 11.5. The molecule has 0 saturated heterocycles. The molecule has 0 unspecified atom stereocenters. The monoisotopic (exact) mass is 249 g/mol. The molecule has 0 spiro atoms. The quantitative estimate of drug-likeness (QED) is 0.643. The Morgan fingerprint density at radius 2 is 2.11 bits per heavy atom. The minimum atomic E-state index is -0.175. The van der Waals surface area contributed by atoms with Gasteiger partial charge >= 0.3 is 5.97 Å². The summed E-state index contributed by atoms with van der Waals surface area (Å²) in [6, 6.07) is 7.17.